The number of fused-ring (bicyclic) bond motifs is 2. The third-order valence-electron chi connectivity index (χ3n) is 6.61. The van der Waals surface area contributed by atoms with Gasteiger partial charge in [0.25, 0.3) is 11.7 Å². The van der Waals surface area contributed by atoms with Gasteiger partial charge in [0, 0.05) is 23.9 Å². The Balaban J connectivity index is 1.31. The molecule has 0 atom stereocenters. The first kappa shape index (κ1) is 26.6. The predicted octanol–water partition coefficient (Wildman–Crippen LogP) is 3.59. The van der Waals surface area contributed by atoms with Gasteiger partial charge in [-0.2, -0.15) is 0 Å². The SMILES string of the molecule is O=C1CCC(=O)OC2(CNCCc3c2ccc(Cl)c3NCc2ccc(C(=O)NCc3ncccc3F)cc2)O1. The molecule has 2 aliphatic heterocycles. The van der Waals surface area contributed by atoms with E-state index in [1.165, 1.54) is 18.3 Å². The number of carbonyl (C=O) groups is 3. The number of halogens is 2. The molecule has 3 heterocycles. The molecule has 0 radical (unpaired) electrons. The zero-order chi connectivity index (χ0) is 27.4. The molecule has 1 spiro atoms. The molecule has 9 nitrogen and oxygen atoms in total. The summed E-state index contributed by atoms with van der Waals surface area (Å²) in [6, 6.07) is 13.2. The molecule has 5 rings (SSSR count). The van der Waals surface area contributed by atoms with Crippen LogP contribution in [0.5, 0.6) is 0 Å². The van der Waals surface area contributed by atoms with Gasteiger partial charge in [0.2, 0.25) is 0 Å². The molecule has 0 aliphatic carbocycles. The van der Waals surface area contributed by atoms with Gasteiger partial charge in [-0.05, 0) is 60.5 Å². The van der Waals surface area contributed by atoms with Crippen LogP contribution < -0.4 is 16.0 Å². The minimum Gasteiger partial charge on any atom is -0.416 e. The average molecular weight is 553 g/mol. The molecule has 0 bridgehead atoms. The first-order valence-corrected chi connectivity index (χ1v) is 12.9. The second-order valence-electron chi connectivity index (χ2n) is 9.24. The Morgan fingerprint density at radius 1 is 1.03 bits per heavy atom. The van der Waals surface area contributed by atoms with E-state index in [0.717, 1.165) is 11.1 Å². The van der Waals surface area contributed by atoms with Crippen molar-refractivity contribution >= 4 is 35.1 Å². The Bertz CT molecular complexity index is 1400. The molecule has 2 aromatic carbocycles. The number of aromatic nitrogens is 1. The van der Waals surface area contributed by atoms with Crippen molar-refractivity contribution in [2.75, 3.05) is 18.4 Å². The largest absolute Gasteiger partial charge is 0.416 e. The zero-order valence-electron chi connectivity index (χ0n) is 20.9. The van der Waals surface area contributed by atoms with Crippen molar-refractivity contribution in [3.8, 4) is 0 Å². The van der Waals surface area contributed by atoms with Crippen molar-refractivity contribution in [2.45, 2.75) is 38.1 Å². The molecule has 1 saturated heterocycles. The lowest BCUT2D eigenvalue weighted by molar-refractivity contribution is -0.225. The van der Waals surface area contributed by atoms with Crippen molar-refractivity contribution in [1.82, 2.24) is 15.6 Å². The summed E-state index contributed by atoms with van der Waals surface area (Å²) in [5, 5.41) is 9.69. The summed E-state index contributed by atoms with van der Waals surface area (Å²) in [4.78, 5) is 41.1. The van der Waals surface area contributed by atoms with E-state index < -0.39 is 23.5 Å². The van der Waals surface area contributed by atoms with E-state index in [1.54, 1.807) is 36.4 Å². The molecule has 39 heavy (non-hydrogen) atoms. The minimum atomic E-state index is -1.56. The number of nitrogens with zero attached hydrogens (tertiary/aromatic N) is 1. The number of esters is 2. The molecule has 2 aliphatic rings. The molecular formula is C28H26ClFN4O5. The summed E-state index contributed by atoms with van der Waals surface area (Å²) < 4.78 is 25.1. The maximum absolute atomic E-state index is 13.8. The van der Waals surface area contributed by atoms with Crippen LogP contribution in [-0.4, -0.2) is 35.9 Å². The van der Waals surface area contributed by atoms with Crippen LogP contribution in [0.15, 0.2) is 54.7 Å². The number of benzene rings is 2. The van der Waals surface area contributed by atoms with Crippen LogP contribution in [0.1, 0.15) is 45.6 Å². The van der Waals surface area contributed by atoms with E-state index in [4.69, 9.17) is 21.1 Å². The molecular weight excluding hydrogens is 527 g/mol. The topological polar surface area (TPSA) is 119 Å². The van der Waals surface area contributed by atoms with Crippen molar-refractivity contribution < 1.29 is 28.2 Å². The van der Waals surface area contributed by atoms with Crippen LogP contribution in [0.4, 0.5) is 10.1 Å². The van der Waals surface area contributed by atoms with Crippen LogP contribution in [0.2, 0.25) is 5.02 Å². The highest BCUT2D eigenvalue weighted by atomic mass is 35.5. The van der Waals surface area contributed by atoms with Gasteiger partial charge in [-0.1, -0.05) is 23.7 Å². The standard InChI is InChI=1S/C28H26ClFN4O5/c29-21-8-7-20-19(11-13-31-16-28(20)38-24(35)9-10-25(36)39-28)26(21)33-14-17-3-5-18(6-4-17)27(37)34-15-23-22(30)2-1-12-32-23/h1-8,12,31,33H,9-11,13-16H2,(H,34,37). The number of anilines is 1. The Labute approximate surface area is 229 Å². The number of hydrogen-bond acceptors (Lipinski definition) is 8. The van der Waals surface area contributed by atoms with E-state index in [-0.39, 0.29) is 37.5 Å². The summed E-state index contributed by atoms with van der Waals surface area (Å²) in [6.45, 7) is 1.06. The highest BCUT2D eigenvalue weighted by Gasteiger charge is 2.46. The van der Waals surface area contributed by atoms with E-state index in [9.17, 15) is 18.8 Å². The number of hydrogen-bond donors (Lipinski definition) is 3. The third kappa shape index (κ3) is 5.86. The van der Waals surface area contributed by atoms with E-state index >= 15 is 0 Å². The molecule has 3 N–H and O–H groups in total. The lowest BCUT2D eigenvalue weighted by atomic mass is 9.96. The lowest BCUT2D eigenvalue weighted by Crippen LogP contribution is -2.43. The Hall–Kier alpha value is -4.02. The van der Waals surface area contributed by atoms with Gasteiger partial charge < -0.3 is 25.4 Å². The van der Waals surface area contributed by atoms with Crippen molar-refractivity contribution in [3.05, 3.63) is 93.5 Å². The Kier molecular flexibility index (Phi) is 7.76. The second-order valence-corrected chi connectivity index (χ2v) is 9.65. The van der Waals surface area contributed by atoms with Gasteiger partial charge in [0.15, 0.2) is 0 Å². The third-order valence-corrected chi connectivity index (χ3v) is 6.92. The predicted molar refractivity (Wildman–Crippen MR) is 140 cm³/mol. The maximum atomic E-state index is 13.8. The monoisotopic (exact) mass is 552 g/mol. The van der Waals surface area contributed by atoms with Crippen LogP contribution in [-0.2, 0) is 44.4 Å². The fraction of sp³-hybridized carbons (Fsp3) is 0.286. The van der Waals surface area contributed by atoms with Gasteiger partial charge in [-0.25, -0.2) is 4.39 Å². The highest BCUT2D eigenvalue weighted by Crippen LogP contribution is 2.40. The number of carbonyl (C=O) groups excluding carboxylic acids is 3. The van der Waals surface area contributed by atoms with Crippen molar-refractivity contribution in [3.63, 3.8) is 0 Å². The normalized spacial score (nSPS) is 16.4. The molecule has 202 valence electrons. The summed E-state index contributed by atoms with van der Waals surface area (Å²) >= 11 is 6.58. The van der Waals surface area contributed by atoms with Crippen LogP contribution in [0.25, 0.3) is 0 Å². The number of pyridine rings is 1. The molecule has 0 unspecified atom stereocenters. The second kappa shape index (κ2) is 11.4. The van der Waals surface area contributed by atoms with Crippen LogP contribution >= 0.6 is 11.6 Å². The fourth-order valence-electron chi connectivity index (χ4n) is 4.64. The highest BCUT2D eigenvalue weighted by molar-refractivity contribution is 6.33. The average Bonchev–Trinajstić information content (AvgIpc) is 3.19. The van der Waals surface area contributed by atoms with Gasteiger partial charge in [0.1, 0.15) is 5.82 Å². The lowest BCUT2D eigenvalue weighted by Gasteiger charge is -2.32. The van der Waals surface area contributed by atoms with Gasteiger partial charge in [-0.15, -0.1) is 0 Å². The minimum absolute atomic E-state index is 0.0204. The number of rotatable bonds is 6. The molecule has 1 aromatic heterocycles. The molecule has 3 aromatic rings. The maximum Gasteiger partial charge on any atom is 0.309 e. The quantitative estimate of drug-likeness (QED) is 0.397. The first-order valence-electron chi connectivity index (χ1n) is 12.5. The van der Waals surface area contributed by atoms with E-state index in [0.29, 0.717) is 41.3 Å². The van der Waals surface area contributed by atoms with Crippen molar-refractivity contribution in [2.24, 2.45) is 0 Å². The summed E-state index contributed by atoms with van der Waals surface area (Å²) in [6.07, 6.45) is 1.95. The Morgan fingerprint density at radius 2 is 1.77 bits per heavy atom. The summed E-state index contributed by atoms with van der Waals surface area (Å²) in [5.74, 6) is -3.40. The molecule has 1 fully saturated rings. The molecule has 1 amide bonds. The van der Waals surface area contributed by atoms with Gasteiger partial charge in [0.05, 0.1) is 42.3 Å². The van der Waals surface area contributed by atoms with Crippen LogP contribution in [0.3, 0.4) is 0 Å². The molecule has 11 heteroatoms. The number of ether oxygens (including phenoxy) is 2. The van der Waals surface area contributed by atoms with Gasteiger partial charge >= 0.3 is 11.9 Å². The number of nitrogens with one attached hydrogen (secondary N) is 3. The molecule has 0 saturated carbocycles. The van der Waals surface area contributed by atoms with Crippen LogP contribution in [0, 0.1) is 5.82 Å². The van der Waals surface area contributed by atoms with Crippen molar-refractivity contribution in [1.29, 1.82) is 0 Å². The summed E-state index contributed by atoms with van der Waals surface area (Å²) in [7, 11) is 0. The number of amides is 1. The Morgan fingerprint density at radius 3 is 2.49 bits per heavy atom. The fourth-order valence-corrected chi connectivity index (χ4v) is 4.89. The van der Waals surface area contributed by atoms with E-state index in [1.807, 2.05) is 0 Å². The van der Waals surface area contributed by atoms with Gasteiger partial charge in [-0.3, -0.25) is 19.4 Å². The zero-order valence-corrected chi connectivity index (χ0v) is 21.6. The summed E-state index contributed by atoms with van der Waals surface area (Å²) in [5.41, 5.74) is 3.47. The smallest absolute Gasteiger partial charge is 0.309 e. The van der Waals surface area contributed by atoms with E-state index in [2.05, 4.69) is 20.9 Å². The first-order chi connectivity index (χ1) is 18.8.